The standard InChI is InChI=1S/C14H21FN2O/c1-11(18)13-10-12(15)6-7-14(13)17(4)9-5-8-16(2)3/h6-7,10H,5,8-9H2,1-4H3. The molecule has 0 bridgehead atoms. The zero-order valence-electron chi connectivity index (χ0n) is 11.5. The normalized spacial score (nSPS) is 10.8. The first kappa shape index (κ1) is 14.6. The second kappa shape index (κ2) is 6.50. The molecule has 18 heavy (non-hydrogen) atoms. The summed E-state index contributed by atoms with van der Waals surface area (Å²) >= 11 is 0. The van der Waals surface area contributed by atoms with E-state index in [2.05, 4.69) is 4.90 Å². The number of nitrogens with zero attached hydrogens (tertiary/aromatic N) is 2. The number of halogens is 1. The van der Waals surface area contributed by atoms with E-state index in [1.165, 1.54) is 19.1 Å². The summed E-state index contributed by atoms with van der Waals surface area (Å²) in [4.78, 5) is 15.6. The molecule has 1 aromatic rings. The van der Waals surface area contributed by atoms with Gasteiger partial charge >= 0.3 is 0 Å². The van der Waals surface area contributed by atoms with Crippen LogP contribution >= 0.6 is 0 Å². The molecule has 4 heteroatoms. The maximum atomic E-state index is 13.2. The van der Waals surface area contributed by atoms with Crippen LogP contribution in [0.15, 0.2) is 18.2 Å². The van der Waals surface area contributed by atoms with Crippen molar-refractivity contribution in [2.45, 2.75) is 13.3 Å². The molecule has 0 aliphatic carbocycles. The first-order valence-electron chi connectivity index (χ1n) is 6.08. The minimum atomic E-state index is -0.370. The van der Waals surface area contributed by atoms with Crippen LogP contribution in [0.1, 0.15) is 23.7 Å². The van der Waals surface area contributed by atoms with Crippen LogP contribution < -0.4 is 4.90 Å². The third-order valence-corrected chi connectivity index (χ3v) is 2.85. The summed E-state index contributed by atoms with van der Waals surface area (Å²) in [7, 11) is 5.98. The Bertz CT molecular complexity index is 418. The summed E-state index contributed by atoms with van der Waals surface area (Å²) in [5, 5.41) is 0. The van der Waals surface area contributed by atoms with Gasteiger partial charge in [-0.25, -0.2) is 4.39 Å². The summed E-state index contributed by atoms with van der Waals surface area (Å²) in [5.41, 5.74) is 1.24. The Morgan fingerprint density at radius 1 is 1.22 bits per heavy atom. The lowest BCUT2D eigenvalue weighted by Gasteiger charge is -2.22. The second-order valence-electron chi connectivity index (χ2n) is 4.80. The van der Waals surface area contributed by atoms with Crippen LogP contribution in [0.3, 0.4) is 0 Å². The Labute approximate surface area is 108 Å². The molecule has 0 aliphatic rings. The number of hydrogen-bond acceptors (Lipinski definition) is 3. The molecule has 0 unspecified atom stereocenters. The fraction of sp³-hybridized carbons (Fsp3) is 0.500. The number of hydrogen-bond donors (Lipinski definition) is 0. The predicted octanol–water partition coefficient (Wildman–Crippen LogP) is 2.42. The molecule has 0 aromatic heterocycles. The van der Waals surface area contributed by atoms with E-state index >= 15 is 0 Å². The SMILES string of the molecule is CC(=O)c1cc(F)ccc1N(C)CCCN(C)C. The van der Waals surface area contributed by atoms with E-state index in [0.29, 0.717) is 5.56 Å². The highest BCUT2D eigenvalue weighted by molar-refractivity contribution is 5.99. The van der Waals surface area contributed by atoms with Crippen molar-refractivity contribution in [2.24, 2.45) is 0 Å². The van der Waals surface area contributed by atoms with Gasteiger partial charge in [0.05, 0.1) is 0 Å². The molecule has 0 amide bonds. The fourth-order valence-corrected chi connectivity index (χ4v) is 1.87. The topological polar surface area (TPSA) is 23.6 Å². The molecule has 0 saturated heterocycles. The lowest BCUT2D eigenvalue weighted by molar-refractivity contribution is 0.101. The van der Waals surface area contributed by atoms with Gasteiger partial charge in [-0.1, -0.05) is 0 Å². The zero-order valence-corrected chi connectivity index (χ0v) is 11.5. The number of anilines is 1. The summed E-state index contributed by atoms with van der Waals surface area (Å²) in [6.07, 6.45) is 0.998. The van der Waals surface area contributed by atoms with Crippen molar-refractivity contribution < 1.29 is 9.18 Å². The van der Waals surface area contributed by atoms with Gasteiger partial charge in [-0.15, -0.1) is 0 Å². The minimum absolute atomic E-state index is 0.107. The summed E-state index contributed by atoms with van der Waals surface area (Å²) in [6.45, 7) is 3.29. The van der Waals surface area contributed by atoms with Crippen LogP contribution in [0.5, 0.6) is 0 Å². The van der Waals surface area contributed by atoms with Gasteiger partial charge in [0.25, 0.3) is 0 Å². The van der Waals surface area contributed by atoms with E-state index in [0.717, 1.165) is 25.2 Å². The van der Waals surface area contributed by atoms with Crippen LogP contribution in [0.25, 0.3) is 0 Å². The molecule has 3 nitrogen and oxygen atoms in total. The molecule has 0 atom stereocenters. The van der Waals surface area contributed by atoms with Crippen LogP contribution in [0.4, 0.5) is 10.1 Å². The number of Topliss-reactive ketones (excluding diaryl/α,β-unsaturated/α-hetero) is 1. The van der Waals surface area contributed by atoms with Crippen molar-refractivity contribution in [2.75, 3.05) is 39.1 Å². The Morgan fingerprint density at radius 2 is 1.89 bits per heavy atom. The van der Waals surface area contributed by atoms with E-state index in [1.807, 2.05) is 26.0 Å². The average Bonchev–Trinajstić information content (AvgIpc) is 2.28. The quantitative estimate of drug-likeness (QED) is 0.726. The second-order valence-corrected chi connectivity index (χ2v) is 4.80. The van der Waals surface area contributed by atoms with Gasteiger partial charge in [-0.2, -0.15) is 0 Å². The van der Waals surface area contributed by atoms with Gasteiger partial charge in [-0.05, 0) is 52.2 Å². The van der Waals surface area contributed by atoms with E-state index in [-0.39, 0.29) is 11.6 Å². The van der Waals surface area contributed by atoms with Crippen molar-refractivity contribution >= 4 is 11.5 Å². The Morgan fingerprint density at radius 3 is 2.44 bits per heavy atom. The van der Waals surface area contributed by atoms with E-state index in [9.17, 15) is 9.18 Å². The molecule has 0 spiro atoms. The highest BCUT2D eigenvalue weighted by atomic mass is 19.1. The van der Waals surface area contributed by atoms with E-state index in [4.69, 9.17) is 0 Å². The monoisotopic (exact) mass is 252 g/mol. The molecule has 100 valence electrons. The van der Waals surface area contributed by atoms with Crippen LogP contribution in [0.2, 0.25) is 0 Å². The molecular formula is C14H21FN2O. The van der Waals surface area contributed by atoms with Gasteiger partial charge in [-0.3, -0.25) is 4.79 Å². The van der Waals surface area contributed by atoms with Gasteiger partial charge in [0.1, 0.15) is 5.82 Å². The third-order valence-electron chi connectivity index (χ3n) is 2.85. The smallest absolute Gasteiger partial charge is 0.161 e. The zero-order chi connectivity index (χ0) is 13.7. The summed E-state index contributed by atoms with van der Waals surface area (Å²) in [6, 6.07) is 4.37. The Balaban J connectivity index is 2.78. The molecular weight excluding hydrogens is 231 g/mol. The Kier molecular flexibility index (Phi) is 5.28. The summed E-state index contributed by atoms with van der Waals surface area (Å²) < 4.78 is 13.2. The molecule has 1 rings (SSSR count). The van der Waals surface area contributed by atoms with Crippen molar-refractivity contribution in [1.29, 1.82) is 0 Å². The van der Waals surface area contributed by atoms with Gasteiger partial charge in [0.15, 0.2) is 5.78 Å². The van der Waals surface area contributed by atoms with Gasteiger partial charge in [0, 0.05) is 24.8 Å². The largest absolute Gasteiger partial charge is 0.374 e. The molecule has 0 saturated carbocycles. The molecule has 0 fully saturated rings. The molecule has 1 aromatic carbocycles. The average molecular weight is 252 g/mol. The first-order chi connectivity index (χ1) is 8.41. The van der Waals surface area contributed by atoms with Crippen LogP contribution in [-0.4, -0.2) is 44.9 Å². The molecule has 0 heterocycles. The third kappa shape index (κ3) is 4.11. The lowest BCUT2D eigenvalue weighted by Crippen LogP contribution is -2.24. The lowest BCUT2D eigenvalue weighted by atomic mass is 10.1. The summed E-state index contributed by atoms with van der Waals surface area (Å²) in [5.74, 6) is -0.477. The number of carbonyl (C=O) groups is 1. The molecule has 0 radical (unpaired) electrons. The fourth-order valence-electron chi connectivity index (χ4n) is 1.87. The van der Waals surface area contributed by atoms with Crippen LogP contribution in [0, 0.1) is 5.82 Å². The van der Waals surface area contributed by atoms with Crippen molar-refractivity contribution in [3.8, 4) is 0 Å². The van der Waals surface area contributed by atoms with Gasteiger partial charge in [0.2, 0.25) is 0 Å². The van der Waals surface area contributed by atoms with Crippen LogP contribution in [-0.2, 0) is 0 Å². The predicted molar refractivity (Wildman–Crippen MR) is 72.8 cm³/mol. The molecule has 0 N–H and O–H groups in total. The Hall–Kier alpha value is -1.42. The van der Waals surface area contributed by atoms with Crippen molar-refractivity contribution in [3.63, 3.8) is 0 Å². The van der Waals surface area contributed by atoms with E-state index in [1.54, 1.807) is 6.07 Å². The minimum Gasteiger partial charge on any atom is -0.374 e. The number of carbonyl (C=O) groups excluding carboxylic acids is 1. The maximum Gasteiger partial charge on any atom is 0.161 e. The van der Waals surface area contributed by atoms with Crippen molar-refractivity contribution in [1.82, 2.24) is 4.90 Å². The highest BCUT2D eigenvalue weighted by Crippen LogP contribution is 2.21. The first-order valence-corrected chi connectivity index (χ1v) is 6.08. The van der Waals surface area contributed by atoms with Crippen molar-refractivity contribution in [3.05, 3.63) is 29.6 Å². The maximum absolute atomic E-state index is 13.2. The number of benzene rings is 1. The highest BCUT2D eigenvalue weighted by Gasteiger charge is 2.12. The molecule has 0 aliphatic heterocycles. The number of ketones is 1. The number of rotatable bonds is 6. The van der Waals surface area contributed by atoms with Gasteiger partial charge < -0.3 is 9.80 Å². The van der Waals surface area contributed by atoms with E-state index < -0.39 is 0 Å².